The third-order valence-electron chi connectivity index (χ3n) is 4.22. The number of pyridine rings is 1. The van der Waals surface area contributed by atoms with Crippen molar-refractivity contribution in [1.82, 2.24) is 4.57 Å². The van der Waals surface area contributed by atoms with Crippen LogP contribution in [0.4, 0.5) is 11.5 Å². The van der Waals surface area contributed by atoms with E-state index in [9.17, 15) is 14.9 Å². The molecule has 0 fully saturated rings. The molecule has 0 spiro atoms. The van der Waals surface area contributed by atoms with Gasteiger partial charge in [-0.1, -0.05) is 31.2 Å². The molecule has 2 heterocycles. The van der Waals surface area contributed by atoms with Crippen LogP contribution in [0, 0.1) is 10.1 Å². The van der Waals surface area contributed by atoms with Crippen molar-refractivity contribution in [2.24, 2.45) is 0 Å². The maximum absolute atomic E-state index is 12.6. The average Bonchev–Trinajstić information content (AvgIpc) is 2.58. The molecule has 1 aliphatic heterocycles. The van der Waals surface area contributed by atoms with Gasteiger partial charge in [-0.2, -0.15) is 0 Å². The smallest absolute Gasteiger partial charge is 0.310 e. The molecule has 1 aromatic heterocycles. The first-order valence-electron chi connectivity index (χ1n) is 7.83. The van der Waals surface area contributed by atoms with E-state index in [1.807, 2.05) is 24.3 Å². The van der Waals surface area contributed by atoms with E-state index in [1.165, 1.54) is 16.2 Å². The number of aryl methyl sites for hydroxylation is 1. The Hall–Kier alpha value is -2.63. The number of fused-ring (bicyclic) bond motifs is 1. The van der Waals surface area contributed by atoms with Crippen molar-refractivity contribution in [3.05, 3.63) is 67.5 Å². The molecule has 6 nitrogen and oxygen atoms in total. The molecule has 1 aromatic carbocycles. The molecule has 0 atom stereocenters. The van der Waals surface area contributed by atoms with Crippen LogP contribution in [0.15, 0.2) is 35.1 Å². The Morgan fingerprint density at radius 2 is 1.96 bits per heavy atom. The Labute approximate surface area is 133 Å². The molecule has 120 valence electrons. The van der Waals surface area contributed by atoms with Crippen molar-refractivity contribution in [3.8, 4) is 0 Å². The molecule has 0 amide bonds. The number of nitrogens with one attached hydrogen (secondary N) is 1. The van der Waals surface area contributed by atoms with Crippen molar-refractivity contribution in [1.29, 1.82) is 0 Å². The van der Waals surface area contributed by atoms with E-state index >= 15 is 0 Å². The summed E-state index contributed by atoms with van der Waals surface area (Å²) in [6.45, 7) is 3.25. The highest BCUT2D eigenvalue weighted by Gasteiger charge is 2.24. The molecule has 0 saturated heterocycles. The van der Waals surface area contributed by atoms with Gasteiger partial charge in [-0.15, -0.1) is 0 Å². The van der Waals surface area contributed by atoms with Gasteiger partial charge in [0.1, 0.15) is 0 Å². The SMILES string of the molecule is CCc1ccc(Cc2cc([N+](=O)[O-])c3n(c2=O)CCCN3)cc1. The summed E-state index contributed by atoms with van der Waals surface area (Å²) in [7, 11) is 0. The normalized spacial score (nSPS) is 13.3. The van der Waals surface area contributed by atoms with Crippen LogP contribution in [0.3, 0.4) is 0 Å². The monoisotopic (exact) mass is 313 g/mol. The fourth-order valence-electron chi connectivity index (χ4n) is 2.93. The number of anilines is 1. The van der Waals surface area contributed by atoms with E-state index in [0.717, 1.165) is 18.4 Å². The third-order valence-corrected chi connectivity index (χ3v) is 4.22. The van der Waals surface area contributed by atoms with E-state index in [4.69, 9.17) is 0 Å². The minimum absolute atomic E-state index is 0.0236. The zero-order chi connectivity index (χ0) is 16.4. The number of nitrogens with zero attached hydrogens (tertiary/aromatic N) is 2. The van der Waals surface area contributed by atoms with Crippen LogP contribution in [0.2, 0.25) is 0 Å². The first kappa shape index (κ1) is 15.3. The number of hydrogen-bond donors (Lipinski definition) is 1. The highest BCUT2D eigenvalue weighted by Crippen LogP contribution is 2.26. The summed E-state index contributed by atoms with van der Waals surface area (Å²) in [6.07, 6.45) is 2.15. The molecule has 3 rings (SSSR count). The van der Waals surface area contributed by atoms with E-state index < -0.39 is 4.92 Å². The summed E-state index contributed by atoms with van der Waals surface area (Å²) in [5, 5.41) is 14.3. The predicted molar refractivity (Wildman–Crippen MR) is 89.1 cm³/mol. The van der Waals surface area contributed by atoms with Crippen molar-refractivity contribution >= 4 is 11.5 Å². The highest BCUT2D eigenvalue weighted by molar-refractivity contribution is 5.59. The highest BCUT2D eigenvalue weighted by atomic mass is 16.6. The minimum atomic E-state index is -0.423. The van der Waals surface area contributed by atoms with Crippen LogP contribution in [0.25, 0.3) is 0 Å². The first-order valence-corrected chi connectivity index (χ1v) is 7.83. The zero-order valence-electron chi connectivity index (χ0n) is 13.0. The Balaban J connectivity index is 2.03. The Morgan fingerprint density at radius 3 is 2.61 bits per heavy atom. The van der Waals surface area contributed by atoms with Crippen molar-refractivity contribution in [2.45, 2.75) is 32.7 Å². The quantitative estimate of drug-likeness (QED) is 0.695. The van der Waals surface area contributed by atoms with Crippen LogP contribution in [0.5, 0.6) is 0 Å². The van der Waals surface area contributed by atoms with Gasteiger partial charge in [0.25, 0.3) is 5.56 Å². The van der Waals surface area contributed by atoms with Gasteiger partial charge in [0.05, 0.1) is 4.92 Å². The molecular weight excluding hydrogens is 294 g/mol. The number of hydrogen-bond acceptors (Lipinski definition) is 4. The number of nitro groups is 1. The van der Waals surface area contributed by atoms with Crippen LogP contribution >= 0.6 is 0 Å². The van der Waals surface area contributed by atoms with Gasteiger partial charge < -0.3 is 5.32 Å². The summed E-state index contributed by atoms with van der Waals surface area (Å²) in [4.78, 5) is 23.5. The molecule has 23 heavy (non-hydrogen) atoms. The molecule has 2 aromatic rings. The minimum Gasteiger partial charge on any atom is -0.366 e. The molecule has 0 bridgehead atoms. The van der Waals surface area contributed by atoms with Crippen molar-refractivity contribution in [2.75, 3.05) is 11.9 Å². The average molecular weight is 313 g/mol. The lowest BCUT2D eigenvalue weighted by Crippen LogP contribution is -2.31. The summed E-state index contributed by atoms with van der Waals surface area (Å²) < 4.78 is 1.50. The Morgan fingerprint density at radius 1 is 1.26 bits per heavy atom. The maximum Gasteiger partial charge on any atom is 0.310 e. The molecule has 0 radical (unpaired) electrons. The van der Waals surface area contributed by atoms with E-state index in [0.29, 0.717) is 30.9 Å². The summed E-state index contributed by atoms with van der Waals surface area (Å²) in [5.74, 6) is 0.330. The fourth-order valence-corrected chi connectivity index (χ4v) is 2.93. The second-order valence-corrected chi connectivity index (χ2v) is 5.74. The number of benzene rings is 1. The Kier molecular flexibility index (Phi) is 4.14. The van der Waals surface area contributed by atoms with Gasteiger partial charge in [-0.05, 0) is 24.0 Å². The molecule has 1 aliphatic rings. The maximum atomic E-state index is 12.6. The van der Waals surface area contributed by atoms with Gasteiger partial charge in [0.15, 0.2) is 5.82 Å². The second kappa shape index (κ2) is 6.24. The van der Waals surface area contributed by atoms with Crippen LogP contribution in [-0.4, -0.2) is 16.0 Å². The number of rotatable bonds is 4. The van der Waals surface area contributed by atoms with Gasteiger partial charge in [0, 0.05) is 31.1 Å². The zero-order valence-corrected chi connectivity index (χ0v) is 13.0. The molecule has 1 N–H and O–H groups in total. The first-order chi connectivity index (χ1) is 11.1. The van der Waals surface area contributed by atoms with Gasteiger partial charge in [-0.25, -0.2) is 0 Å². The lowest BCUT2D eigenvalue weighted by Gasteiger charge is -2.20. The van der Waals surface area contributed by atoms with Crippen LogP contribution in [-0.2, 0) is 19.4 Å². The molecule has 6 heteroatoms. The summed E-state index contributed by atoms with van der Waals surface area (Å²) in [6, 6.07) is 9.43. The van der Waals surface area contributed by atoms with Gasteiger partial charge in [-0.3, -0.25) is 19.5 Å². The molecule has 0 saturated carbocycles. The van der Waals surface area contributed by atoms with E-state index in [-0.39, 0.29) is 11.2 Å². The molecule has 0 aliphatic carbocycles. The van der Waals surface area contributed by atoms with Crippen molar-refractivity contribution in [3.63, 3.8) is 0 Å². The van der Waals surface area contributed by atoms with E-state index in [2.05, 4.69) is 12.2 Å². The fraction of sp³-hybridized carbons (Fsp3) is 0.353. The topological polar surface area (TPSA) is 77.2 Å². The summed E-state index contributed by atoms with van der Waals surface area (Å²) in [5.41, 5.74) is 2.51. The van der Waals surface area contributed by atoms with Gasteiger partial charge in [0.2, 0.25) is 0 Å². The molecule has 0 unspecified atom stereocenters. The van der Waals surface area contributed by atoms with Gasteiger partial charge >= 0.3 is 5.69 Å². The lowest BCUT2D eigenvalue weighted by atomic mass is 10.0. The summed E-state index contributed by atoms with van der Waals surface area (Å²) >= 11 is 0. The number of aromatic nitrogens is 1. The van der Waals surface area contributed by atoms with E-state index in [1.54, 1.807) is 0 Å². The standard InChI is InChI=1S/C17H19N3O3/c1-2-12-4-6-13(7-5-12)10-14-11-15(20(22)23)16-18-8-3-9-19(16)17(14)21/h4-7,11,18H,2-3,8-10H2,1H3. The van der Waals surface area contributed by atoms with Crippen molar-refractivity contribution < 1.29 is 4.92 Å². The van der Waals surface area contributed by atoms with Crippen LogP contribution in [0.1, 0.15) is 30.0 Å². The largest absolute Gasteiger partial charge is 0.366 e. The lowest BCUT2D eigenvalue weighted by molar-refractivity contribution is -0.384. The second-order valence-electron chi connectivity index (χ2n) is 5.74. The van der Waals surface area contributed by atoms with Crippen LogP contribution < -0.4 is 10.9 Å². The third kappa shape index (κ3) is 2.97. The molecular formula is C17H19N3O3. The predicted octanol–water partition coefficient (Wildman–Crippen LogP) is 2.73. The Bertz CT molecular complexity index is 794.